The molecule has 0 amide bonds. The molecule has 0 aliphatic carbocycles. The molecule has 1 atom stereocenters. The third kappa shape index (κ3) is 3.17. The third-order valence-electron chi connectivity index (χ3n) is 6.51. The molecular weight excluding hydrogens is 393 g/mol. The lowest BCUT2D eigenvalue weighted by molar-refractivity contribution is 0.360. The quantitative estimate of drug-likeness (QED) is 0.498. The second kappa shape index (κ2) is 7.30. The van der Waals surface area contributed by atoms with Gasteiger partial charge in [0, 0.05) is 26.2 Å². The summed E-state index contributed by atoms with van der Waals surface area (Å²) in [5.74, 6) is 1.72. The van der Waals surface area contributed by atoms with Crippen molar-refractivity contribution in [3.05, 3.63) is 36.4 Å². The van der Waals surface area contributed by atoms with Gasteiger partial charge in [0.25, 0.3) is 0 Å². The molecule has 2 fully saturated rings. The molecule has 0 unspecified atom stereocenters. The zero-order valence-corrected chi connectivity index (χ0v) is 17.7. The van der Waals surface area contributed by atoms with Crippen LogP contribution in [0.4, 0.5) is 16.0 Å². The Labute approximate surface area is 180 Å². The summed E-state index contributed by atoms with van der Waals surface area (Å²) in [6, 6.07) is 12.2. The Kier molecular flexibility index (Phi) is 4.41. The normalized spacial score (nSPS) is 20.9. The Balaban J connectivity index is 1.56. The molecule has 8 heteroatoms. The second-order valence-electron chi connectivity index (χ2n) is 8.68. The molecule has 0 radical (unpaired) electrons. The van der Waals surface area contributed by atoms with Gasteiger partial charge in [-0.15, -0.1) is 0 Å². The van der Waals surface area contributed by atoms with Crippen LogP contribution >= 0.6 is 0 Å². The second-order valence-corrected chi connectivity index (χ2v) is 8.68. The average molecular weight is 420 g/mol. The van der Waals surface area contributed by atoms with Gasteiger partial charge >= 0.3 is 0 Å². The molecule has 5 heterocycles. The number of hydrogen-bond acceptors (Lipinski definition) is 6. The Morgan fingerprint density at radius 3 is 2.61 bits per heavy atom. The molecule has 6 rings (SSSR count). The van der Waals surface area contributed by atoms with Crippen LogP contribution in [0.3, 0.4) is 0 Å². The Morgan fingerprint density at radius 2 is 1.74 bits per heavy atom. The van der Waals surface area contributed by atoms with Crippen molar-refractivity contribution in [2.75, 3.05) is 56.1 Å². The molecule has 0 spiro atoms. The number of halogens is 1. The van der Waals surface area contributed by atoms with E-state index in [1.807, 2.05) is 29.2 Å². The van der Waals surface area contributed by atoms with E-state index in [1.165, 1.54) is 0 Å². The molecule has 0 bridgehead atoms. The van der Waals surface area contributed by atoms with Crippen LogP contribution in [-0.2, 0) is 0 Å². The summed E-state index contributed by atoms with van der Waals surface area (Å²) in [5.41, 5.74) is 4.27. The fraction of sp³-hybridized carbons (Fsp3) is 0.435. The average Bonchev–Trinajstić information content (AvgIpc) is 3.32. The van der Waals surface area contributed by atoms with E-state index < -0.39 is 6.17 Å². The van der Waals surface area contributed by atoms with Gasteiger partial charge in [0.05, 0.1) is 17.6 Å². The van der Waals surface area contributed by atoms with Crippen LogP contribution < -0.4 is 9.80 Å². The number of para-hydroxylation sites is 2. The number of rotatable bonds is 2. The summed E-state index contributed by atoms with van der Waals surface area (Å²) >= 11 is 0. The van der Waals surface area contributed by atoms with Crippen molar-refractivity contribution in [1.29, 1.82) is 0 Å². The van der Waals surface area contributed by atoms with Gasteiger partial charge in [0.1, 0.15) is 17.5 Å². The maximum atomic E-state index is 14.0. The summed E-state index contributed by atoms with van der Waals surface area (Å²) < 4.78 is 16.1. The molecule has 160 valence electrons. The van der Waals surface area contributed by atoms with Crippen molar-refractivity contribution in [3.8, 4) is 0 Å². The molecule has 31 heavy (non-hydrogen) atoms. The number of hydrogen-bond donors (Lipinski definition) is 0. The van der Waals surface area contributed by atoms with Gasteiger partial charge in [-0.1, -0.05) is 12.1 Å². The number of nitrogens with zero attached hydrogens (tertiary/aromatic N) is 7. The van der Waals surface area contributed by atoms with Crippen LogP contribution in [0, 0.1) is 0 Å². The fourth-order valence-corrected chi connectivity index (χ4v) is 4.81. The Hall–Kier alpha value is -3.00. The number of alkyl halides is 1. The predicted molar refractivity (Wildman–Crippen MR) is 122 cm³/mol. The molecule has 0 saturated carbocycles. The highest BCUT2D eigenvalue weighted by molar-refractivity contribution is 5.91. The van der Waals surface area contributed by atoms with E-state index in [-0.39, 0.29) is 0 Å². The van der Waals surface area contributed by atoms with Crippen molar-refractivity contribution < 1.29 is 4.39 Å². The topological polar surface area (TPSA) is 52.8 Å². The molecule has 7 nitrogen and oxygen atoms in total. The molecule has 4 aromatic rings. The number of imidazole rings is 1. The standard InChI is InChI=1S/C23H26FN7/c1-28-10-4-11-29(14-13-28)20-8-7-18-21(27-20)31-19-6-3-2-5-17(19)25-23(31)22(26-18)30-12-9-16(24)15-30/h2-3,5-8,16H,4,9-15H2,1H3/t16-/m0/s1. The largest absolute Gasteiger partial charge is 0.355 e. The summed E-state index contributed by atoms with van der Waals surface area (Å²) in [7, 11) is 2.17. The lowest BCUT2D eigenvalue weighted by Crippen LogP contribution is -2.29. The van der Waals surface area contributed by atoms with Crippen LogP contribution in [0.25, 0.3) is 27.8 Å². The van der Waals surface area contributed by atoms with Gasteiger partial charge in [-0.25, -0.2) is 19.3 Å². The zero-order chi connectivity index (χ0) is 20.9. The third-order valence-corrected chi connectivity index (χ3v) is 6.51. The van der Waals surface area contributed by atoms with Crippen molar-refractivity contribution in [3.63, 3.8) is 0 Å². The summed E-state index contributed by atoms with van der Waals surface area (Å²) in [4.78, 5) is 21.6. The Bertz CT molecular complexity index is 1270. The highest BCUT2D eigenvalue weighted by Crippen LogP contribution is 2.31. The number of fused-ring (bicyclic) bond motifs is 5. The smallest absolute Gasteiger partial charge is 0.183 e. The van der Waals surface area contributed by atoms with E-state index in [0.717, 1.165) is 72.1 Å². The van der Waals surface area contributed by atoms with Crippen molar-refractivity contribution in [1.82, 2.24) is 24.3 Å². The number of aromatic nitrogens is 4. The highest BCUT2D eigenvalue weighted by atomic mass is 19.1. The molecular formula is C23H26FN7. The first kappa shape index (κ1) is 18.7. The predicted octanol–water partition coefficient (Wildman–Crippen LogP) is 3.12. The van der Waals surface area contributed by atoms with Gasteiger partial charge in [-0.05, 0) is 50.7 Å². The van der Waals surface area contributed by atoms with Gasteiger partial charge in [0.2, 0.25) is 0 Å². The summed E-state index contributed by atoms with van der Waals surface area (Å²) in [5, 5.41) is 0. The minimum absolute atomic E-state index is 0.365. The van der Waals surface area contributed by atoms with E-state index in [1.54, 1.807) is 0 Å². The number of benzene rings is 1. The van der Waals surface area contributed by atoms with Crippen LogP contribution in [0.2, 0.25) is 0 Å². The molecule has 2 saturated heterocycles. The van der Waals surface area contributed by atoms with Crippen LogP contribution in [0.5, 0.6) is 0 Å². The van der Waals surface area contributed by atoms with Crippen LogP contribution in [0.1, 0.15) is 12.8 Å². The van der Waals surface area contributed by atoms with Crippen molar-refractivity contribution in [2.24, 2.45) is 0 Å². The molecule has 1 aromatic carbocycles. The lowest BCUT2D eigenvalue weighted by Gasteiger charge is -2.22. The zero-order valence-electron chi connectivity index (χ0n) is 17.7. The van der Waals surface area contributed by atoms with E-state index in [0.29, 0.717) is 19.5 Å². The monoisotopic (exact) mass is 419 g/mol. The summed E-state index contributed by atoms with van der Waals surface area (Å²) in [6.45, 7) is 5.11. The van der Waals surface area contributed by atoms with E-state index in [2.05, 4.69) is 33.4 Å². The summed E-state index contributed by atoms with van der Waals surface area (Å²) in [6.07, 6.45) is 0.840. The van der Waals surface area contributed by atoms with Crippen molar-refractivity contribution in [2.45, 2.75) is 19.0 Å². The van der Waals surface area contributed by atoms with Gasteiger partial charge in [-0.3, -0.25) is 4.40 Å². The number of likely N-dealkylation sites (N-methyl/N-ethyl adjacent to an activating group) is 1. The lowest BCUT2D eigenvalue weighted by atomic mass is 10.3. The van der Waals surface area contributed by atoms with E-state index in [9.17, 15) is 4.39 Å². The van der Waals surface area contributed by atoms with Gasteiger partial charge in [-0.2, -0.15) is 0 Å². The maximum Gasteiger partial charge on any atom is 0.183 e. The first-order valence-electron chi connectivity index (χ1n) is 11.1. The SMILES string of the molecule is CN1CCCN(c2ccc3nc(N4CC[C@H](F)C4)c4nc5ccccc5n4c3n2)CC1. The minimum atomic E-state index is -0.816. The highest BCUT2D eigenvalue weighted by Gasteiger charge is 2.27. The fourth-order valence-electron chi connectivity index (χ4n) is 4.81. The van der Waals surface area contributed by atoms with Crippen LogP contribution in [-0.4, -0.2) is 76.7 Å². The van der Waals surface area contributed by atoms with E-state index in [4.69, 9.17) is 15.0 Å². The van der Waals surface area contributed by atoms with Gasteiger partial charge in [0.15, 0.2) is 17.1 Å². The minimum Gasteiger partial charge on any atom is -0.355 e. The number of anilines is 2. The van der Waals surface area contributed by atoms with Crippen molar-refractivity contribution >= 4 is 39.5 Å². The van der Waals surface area contributed by atoms with Crippen LogP contribution in [0.15, 0.2) is 36.4 Å². The number of pyridine rings is 1. The molecule has 0 N–H and O–H groups in total. The Morgan fingerprint density at radius 1 is 0.839 bits per heavy atom. The molecule has 2 aliphatic rings. The first-order chi connectivity index (χ1) is 15.2. The molecule has 3 aromatic heterocycles. The van der Waals surface area contributed by atoms with E-state index >= 15 is 0 Å². The van der Waals surface area contributed by atoms with Gasteiger partial charge < -0.3 is 14.7 Å². The maximum absolute atomic E-state index is 14.0. The first-order valence-corrected chi connectivity index (χ1v) is 11.1. The molecule has 2 aliphatic heterocycles.